The summed E-state index contributed by atoms with van der Waals surface area (Å²) in [5, 5.41) is 9.09. The maximum absolute atomic E-state index is 12.9. The van der Waals surface area contributed by atoms with E-state index in [1.54, 1.807) is 12.1 Å². The molecule has 22 heavy (non-hydrogen) atoms. The molecule has 1 N–H and O–H groups in total. The van der Waals surface area contributed by atoms with Gasteiger partial charge in [-0.2, -0.15) is 0 Å². The van der Waals surface area contributed by atoms with Crippen LogP contribution in [-0.4, -0.2) is 22.9 Å². The minimum Gasteiger partial charge on any atom is -0.478 e. The maximum Gasteiger partial charge on any atom is 0.335 e. The maximum atomic E-state index is 12.9. The van der Waals surface area contributed by atoms with Crippen LogP contribution in [0.3, 0.4) is 0 Å². The van der Waals surface area contributed by atoms with Gasteiger partial charge in [-0.15, -0.1) is 0 Å². The normalized spacial score (nSPS) is 35.3. The number of anilines is 1. The Bertz CT molecular complexity index is 753. The Hall–Kier alpha value is -2.43. The van der Waals surface area contributed by atoms with Crippen LogP contribution >= 0.6 is 0 Å². The number of nitrogens with zero attached hydrogens (tertiary/aromatic N) is 1. The molecule has 0 aromatic heterocycles. The van der Waals surface area contributed by atoms with Gasteiger partial charge in [-0.05, 0) is 43.4 Å². The molecule has 4 atom stereocenters. The van der Waals surface area contributed by atoms with E-state index in [2.05, 4.69) is 0 Å². The first-order valence-corrected chi connectivity index (χ1v) is 7.34. The number of benzene rings is 1. The Kier molecular flexibility index (Phi) is 2.45. The van der Waals surface area contributed by atoms with E-state index in [0.29, 0.717) is 5.69 Å². The lowest BCUT2D eigenvalue weighted by Gasteiger charge is -2.28. The highest BCUT2D eigenvalue weighted by Crippen LogP contribution is 2.60. The van der Waals surface area contributed by atoms with Gasteiger partial charge in [0.15, 0.2) is 0 Å². The summed E-state index contributed by atoms with van der Waals surface area (Å²) in [6.07, 6.45) is 4.95. The van der Waals surface area contributed by atoms with Gasteiger partial charge < -0.3 is 5.11 Å². The predicted molar refractivity (Wildman–Crippen MR) is 78.2 cm³/mol. The smallest absolute Gasteiger partial charge is 0.335 e. The van der Waals surface area contributed by atoms with Crippen molar-refractivity contribution >= 4 is 23.5 Å². The van der Waals surface area contributed by atoms with Crippen molar-refractivity contribution in [3.63, 3.8) is 0 Å². The molecule has 2 fully saturated rings. The van der Waals surface area contributed by atoms with E-state index in [-0.39, 0.29) is 35.1 Å². The average Bonchev–Trinajstić information content (AvgIpc) is 3.12. The number of fused-ring (bicyclic) bond motifs is 5. The van der Waals surface area contributed by atoms with Crippen molar-refractivity contribution in [3.8, 4) is 0 Å². The van der Waals surface area contributed by atoms with Crippen LogP contribution in [-0.2, 0) is 9.59 Å². The number of amides is 2. The van der Waals surface area contributed by atoms with Gasteiger partial charge in [-0.1, -0.05) is 18.2 Å². The number of hydrogen-bond donors (Lipinski definition) is 1. The topological polar surface area (TPSA) is 74.7 Å². The van der Waals surface area contributed by atoms with E-state index >= 15 is 0 Å². The third-order valence-electron chi connectivity index (χ3n) is 5.46. The largest absolute Gasteiger partial charge is 0.478 e. The quantitative estimate of drug-likeness (QED) is 0.670. The Morgan fingerprint density at radius 3 is 2.77 bits per heavy atom. The lowest BCUT2D eigenvalue weighted by atomic mass is 9.71. The van der Waals surface area contributed by atoms with Crippen LogP contribution in [0.15, 0.2) is 36.4 Å². The van der Waals surface area contributed by atoms with Crippen LogP contribution in [0.1, 0.15) is 23.7 Å². The predicted octanol–water partition coefficient (Wildman–Crippen LogP) is 2.09. The minimum absolute atomic E-state index is 0.0707. The van der Waals surface area contributed by atoms with Gasteiger partial charge >= 0.3 is 5.97 Å². The van der Waals surface area contributed by atoms with Crippen molar-refractivity contribution in [2.24, 2.45) is 23.2 Å². The molecule has 1 saturated heterocycles. The van der Waals surface area contributed by atoms with Crippen molar-refractivity contribution in [2.45, 2.75) is 13.3 Å². The summed E-state index contributed by atoms with van der Waals surface area (Å²) in [4.78, 5) is 38.0. The van der Waals surface area contributed by atoms with Crippen molar-refractivity contribution < 1.29 is 19.5 Å². The van der Waals surface area contributed by atoms with Crippen molar-refractivity contribution in [1.29, 1.82) is 0 Å². The van der Waals surface area contributed by atoms with Crippen molar-refractivity contribution in [1.82, 2.24) is 0 Å². The van der Waals surface area contributed by atoms with E-state index < -0.39 is 11.4 Å². The van der Waals surface area contributed by atoms with Gasteiger partial charge in [0.1, 0.15) is 0 Å². The third-order valence-corrected chi connectivity index (χ3v) is 5.46. The molecule has 1 aromatic rings. The molecule has 1 aromatic carbocycles. The Morgan fingerprint density at radius 1 is 1.32 bits per heavy atom. The SMILES string of the molecule is C[C@]12C(=O)N(c3cccc(C(=O)O)c3)C(=O)[C@@H]1[C@@H]1C=C[C@@H]2C1. The van der Waals surface area contributed by atoms with E-state index in [0.717, 1.165) is 6.42 Å². The number of carbonyl (C=O) groups excluding carboxylic acids is 2. The van der Waals surface area contributed by atoms with Crippen LogP contribution in [0, 0.1) is 23.2 Å². The molecule has 3 aliphatic rings. The second kappa shape index (κ2) is 4.06. The summed E-state index contributed by atoms with van der Waals surface area (Å²) < 4.78 is 0. The second-order valence-electron chi connectivity index (χ2n) is 6.49. The van der Waals surface area contributed by atoms with E-state index in [9.17, 15) is 14.4 Å². The summed E-state index contributed by atoms with van der Waals surface area (Å²) >= 11 is 0. The molecular formula is C17H15NO4. The van der Waals surface area contributed by atoms with Gasteiger partial charge in [-0.25, -0.2) is 9.69 Å². The fourth-order valence-corrected chi connectivity index (χ4v) is 4.33. The van der Waals surface area contributed by atoms with E-state index in [4.69, 9.17) is 5.11 Å². The number of rotatable bonds is 2. The summed E-state index contributed by atoms with van der Waals surface area (Å²) in [5.41, 5.74) is -0.262. The molecule has 1 heterocycles. The van der Waals surface area contributed by atoms with E-state index in [1.807, 2.05) is 19.1 Å². The molecule has 2 aliphatic carbocycles. The lowest BCUT2D eigenvalue weighted by molar-refractivity contribution is -0.127. The molecule has 0 unspecified atom stereocenters. The van der Waals surface area contributed by atoms with Crippen LogP contribution in [0.4, 0.5) is 5.69 Å². The summed E-state index contributed by atoms with van der Waals surface area (Å²) in [6, 6.07) is 6.01. The van der Waals surface area contributed by atoms with Gasteiger partial charge in [-0.3, -0.25) is 9.59 Å². The van der Waals surface area contributed by atoms with Crippen LogP contribution in [0.2, 0.25) is 0 Å². The monoisotopic (exact) mass is 297 g/mol. The summed E-state index contributed by atoms with van der Waals surface area (Å²) in [7, 11) is 0. The highest BCUT2D eigenvalue weighted by atomic mass is 16.4. The zero-order chi connectivity index (χ0) is 15.6. The zero-order valence-corrected chi connectivity index (χ0v) is 12.0. The van der Waals surface area contributed by atoms with Gasteiger partial charge in [0.2, 0.25) is 11.8 Å². The highest BCUT2D eigenvalue weighted by Gasteiger charge is 2.67. The Balaban J connectivity index is 1.79. The number of allylic oxidation sites excluding steroid dienone is 2. The van der Waals surface area contributed by atoms with Crippen LogP contribution in [0.25, 0.3) is 0 Å². The second-order valence-corrected chi connectivity index (χ2v) is 6.49. The fourth-order valence-electron chi connectivity index (χ4n) is 4.33. The molecule has 1 aliphatic heterocycles. The average molecular weight is 297 g/mol. The van der Waals surface area contributed by atoms with Crippen molar-refractivity contribution in [2.75, 3.05) is 4.90 Å². The molecular weight excluding hydrogens is 282 g/mol. The van der Waals surface area contributed by atoms with E-state index in [1.165, 1.54) is 17.0 Å². The lowest BCUT2D eigenvalue weighted by Crippen LogP contribution is -2.37. The summed E-state index contributed by atoms with van der Waals surface area (Å²) in [5.74, 6) is -1.57. The molecule has 0 spiro atoms. The molecule has 4 rings (SSSR count). The molecule has 0 radical (unpaired) electrons. The number of hydrogen-bond acceptors (Lipinski definition) is 3. The van der Waals surface area contributed by atoms with Crippen LogP contribution < -0.4 is 4.90 Å². The Labute approximate surface area is 127 Å². The molecule has 1 saturated carbocycles. The zero-order valence-electron chi connectivity index (χ0n) is 12.0. The number of imide groups is 1. The van der Waals surface area contributed by atoms with Gasteiger partial charge in [0, 0.05) is 0 Å². The standard InChI is InChI=1S/C17H15NO4/c1-17-11-6-5-9(7-11)13(17)14(19)18(16(17)22)12-4-2-3-10(8-12)15(20)21/h2-6,8-9,11,13H,7H2,1H3,(H,20,21)/t9-,11-,13+,17-/m1/s1. The minimum atomic E-state index is -1.07. The molecule has 2 amide bonds. The molecule has 5 heteroatoms. The van der Waals surface area contributed by atoms with Gasteiger partial charge in [0.05, 0.1) is 22.6 Å². The Morgan fingerprint density at radius 2 is 2.09 bits per heavy atom. The number of carboxylic acids is 1. The van der Waals surface area contributed by atoms with Crippen LogP contribution in [0.5, 0.6) is 0 Å². The highest BCUT2D eigenvalue weighted by molar-refractivity contribution is 6.24. The number of carboxylic acid groups (broad SMARTS) is 1. The number of aromatic carboxylic acids is 1. The first-order valence-electron chi connectivity index (χ1n) is 7.34. The number of carbonyl (C=O) groups is 3. The molecule has 112 valence electrons. The first-order chi connectivity index (χ1) is 10.4. The van der Waals surface area contributed by atoms with Crippen molar-refractivity contribution in [3.05, 3.63) is 42.0 Å². The van der Waals surface area contributed by atoms with Gasteiger partial charge in [0.25, 0.3) is 0 Å². The fraction of sp³-hybridized carbons (Fsp3) is 0.353. The molecule has 5 nitrogen and oxygen atoms in total. The first kappa shape index (κ1) is 13.2. The summed E-state index contributed by atoms with van der Waals surface area (Å²) in [6.45, 7) is 1.87. The molecule has 2 bridgehead atoms. The third kappa shape index (κ3) is 1.41.